The second-order valence-corrected chi connectivity index (χ2v) is 5.04. The Morgan fingerprint density at radius 2 is 1.95 bits per heavy atom. The van der Waals surface area contributed by atoms with Crippen molar-refractivity contribution in [3.8, 4) is 11.5 Å². The van der Waals surface area contributed by atoms with E-state index < -0.39 is 0 Å². The van der Waals surface area contributed by atoms with E-state index in [-0.39, 0.29) is 0 Å². The number of hydrogen-bond acceptors (Lipinski definition) is 3. The van der Waals surface area contributed by atoms with Crippen LogP contribution in [0.5, 0.6) is 11.5 Å². The van der Waals surface area contributed by atoms with Crippen LogP contribution >= 0.6 is 11.6 Å². The van der Waals surface area contributed by atoms with E-state index in [1.165, 1.54) is 0 Å². The SMILES string of the molecule is CCC(CC)COc1c(Cl)cc(CNC)cc1OC. The standard InChI is InChI=1S/C15H24ClNO2/c1-5-11(6-2)10-19-15-13(16)7-12(9-17-3)8-14(15)18-4/h7-8,11,17H,5-6,9-10H2,1-4H3. The van der Waals surface area contributed by atoms with E-state index in [1.54, 1.807) is 7.11 Å². The quantitative estimate of drug-likeness (QED) is 0.786. The van der Waals surface area contributed by atoms with Gasteiger partial charge in [0.05, 0.1) is 18.7 Å². The highest BCUT2D eigenvalue weighted by Gasteiger charge is 2.13. The summed E-state index contributed by atoms with van der Waals surface area (Å²) in [5, 5.41) is 3.70. The van der Waals surface area contributed by atoms with Gasteiger partial charge in [0.15, 0.2) is 11.5 Å². The van der Waals surface area contributed by atoms with Crippen molar-refractivity contribution in [1.29, 1.82) is 0 Å². The minimum Gasteiger partial charge on any atom is -0.493 e. The molecule has 0 aliphatic rings. The first-order valence-corrected chi connectivity index (χ1v) is 7.17. The number of benzene rings is 1. The first-order valence-electron chi connectivity index (χ1n) is 6.79. The van der Waals surface area contributed by atoms with E-state index in [4.69, 9.17) is 21.1 Å². The van der Waals surface area contributed by atoms with Crippen molar-refractivity contribution in [2.75, 3.05) is 20.8 Å². The summed E-state index contributed by atoms with van der Waals surface area (Å²) in [5.41, 5.74) is 1.08. The molecule has 1 aromatic carbocycles. The van der Waals surface area contributed by atoms with Gasteiger partial charge < -0.3 is 14.8 Å². The highest BCUT2D eigenvalue weighted by Crippen LogP contribution is 2.36. The highest BCUT2D eigenvalue weighted by atomic mass is 35.5. The topological polar surface area (TPSA) is 30.5 Å². The average molecular weight is 286 g/mol. The first-order chi connectivity index (χ1) is 9.15. The minimum absolute atomic E-state index is 0.553. The molecular weight excluding hydrogens is 262 g/mol. The lowest BCUT2D eigenvalue weighted by Crippen LogP contribution is -2.11. The number of hydrogen-bond donors (Lipinski definition) is 1. The molecule has 0 aromatic heterocycles. The Labute approximate surface area is 121 Å². The lowest BCUT2D eigenvalue weighted by Gasteiger charge is -2.17. The molecule has 1 N–H and O–H groups in total. The van der Waals surface area contributed by atoms with Crippen LogP contribution in [0.25, 0.3) is 0 Å². The van der Waals surface area contributed by atoms with Crippen LogP contribution in [-0.2, 0) is 6.54 Å². The van der Waals surface area contributed by atoms with Crippen molar-refractivity contribution < 1.29 is 9.47 Å². The monoisotopic (exact) mass is 285 g/mol. The van der Waals surface area contributed by atoms with Gasteiger partial charge in [-0.25, -0.2) is 0 Å². The zero-order valence-electron chi connectivity index (χ0n) is 12.3. The van der Waals surface area contributed by atoms with Crippen LogP contribution in [0.2, 0.25) is 5.02 Å². The molecule has 0 heterocycles. The van der Waals surface area contributed by atoms with Crippen molar-refractivity contribution in [3.05, 3.63) is 22.7 Å². The Bertz CT molecular complexity index is 392. The molecule has 19 heavy (non-hydrogen) atoms. The van der Waals surface area contributed by atoms with Gasteiger partial charge in [-0.05, 0) is 30.7 Å². The summed E-state index contributed by atoms with van der Waals surface area (Å²) in [6, 6.07) is 3.88. The third-order valence-electron chi connectivity index (χ3n) is 3.29. The smallest absolute Gasteiger partial charge is 0.179 e. The van der Waals surface area contributed by atoms with Gasteiger partial charge in [0.1, 0.15) is 0 Å². The number of methoxy groups -OCH3 is 1. The summed E-state index contributed by atoms with van der Waals surface area (Å²) >= 11 is 6.29. The van der Waals surface area contributed by atoms with Gasteiger partial charge in [-0.3, -0.25) is 0 Å². The highest BCUT2D eigenvalue weighted by molar-refractivity contribution is 6.32. The number of rotatable bonds is 8. The van der Waals surface area contributed by atoms with E-state index in [0.717, 1.165) is 24.9 Å². The largest absolute Gasteiger partial charge is 0.493 e. The predicted molar refractivity (Wildman–Crippen MR) is 80.3 cm³/mol. The summed E-state index contributed by atoms with van der Waals surface area (Å²) in [7, 11) is 3.54. The fourth-order valence-corrected chi connectivity index (χ4v) is 2.23. The van der Waals surface area contributed by atoms with Gasteiger partial charge in [-0.1, -0.05) is 38.3 Å². The van der Waals surface area contributed by atoms with Gasteiger partial charge in [0.25, 0.3) is 0 Å². The molecule has 0 atom stereocenters. The van der Waals surface area contributed by atoms with Gasteiger partial charge in [-0.15, -0.1) is 0 Å². The molecule has 0 aliphatic heterocycles. The molecule has 0 bridgehead atoms. The number of halogens is 1. The number of nitrogens with one attached hydrogen (secondary N) is 1. The zero-order valence-corrected chi connectivity index (χ0v) is 13.0. The maximum Gasteiger partial charge on any atom is 0.179 e. The number of ether oxygens (including phenoxy) is 2. The summed E-state index contributed by atoms with van der Waals surface area (Å²) in [4.78, 5) is 0. The van der Waals surface area contributed by atoms with Crippen LogP contribution in [0.1, 0.15) is 32.3 Å². The molecule has 0 saturated heterocycles. The molecule has 108 valence electrons. The van der Waals surface area contributed by atoms with Crippen LogP contribution in [-0.4, -0.2) is 20.8 Å². The Balaban J connectivity index is 2.87. The molecule has 0 aliphatic carbocycles. The van der Waals surface area contributed by atoms with Crippen LogP contribution in [0, 0.1) is 5.92 Å². The zero-order chi connectivity index (χ0) is 14.3. The van der Waals surface area contributed by atoms with E-state index in [2.05, 4.69) is 19.2 Å². The van der Waals surface area contributed by atoms with Gasteiger partial charge in [0.2, 0.25) is 0 Å². The Morgan fingerprint density at radius 1 is 1.26 bits per heavy atom. The lowest BCUT2D eigenvalue weighted by molar-refractivity contribution is 0.230. The van der Waals surface area contributed by atoms with Crippen LogP contribution < -0.4 is 14.8 Å². The van der Waals surface area contributed by atoms with Gasteiger partial charge >= 0.3 is 0 Å². The van der Waals surface area contributed by atoms with E-state index in [1.807, 2.05) is 19.2 Å². The van der Waals surface area contributed by atoms with Crippen molar-refractivity contribution in [2.24, 2.45) is 5.92 Å². The summed E-state index contributed by atoms with van der Waals surface area (Å²) in [5.74, 6) is 1.90. The second kappa shape index (κ2) is 8.28. The third kappa shape index (κ3) is 4.59. The maximum absolute atomic E-state index is 6.29. The molecule has 0 unspecified atom stereocenters. The average Bonchev–Trinajstić information content (AvgIpc) is 2.41. The molecule has 1 aromatic rings. The Hall–Kier alpha value is -0.930. The molecule has 1 rings (SSSR count). The molecule has 0 radical (unpaired) electrons. The molecule has 0 saturated carbocycles. The normalized spacial score (nSPS) is 10.8. The first kappa shape index (κ1) is 16.1. The summed E-state index contributed by atoms with van der Waals surface area (Å²) in [6.07, 6.45) is 2.21. The predicted octanol–water partition coefficient (Wildman–Crippen LogP) is 3.88. The van der Waals surface area contributed by atoms with E-state index in [0.29, 0.717) is 29.0 Å². The summed E-state index contributed by atoms with van der Waals surface area (Å²) in [6.45, 7) is 5.77. The van der Waals surface area contributed by atoms with Crippen LogP contribution in [0.15, 0.2) is 12.1 Å². The minimum atomic E-state index is 0.553. The fourth-order valence-electron chi connectivity index (χ4n) is 1.95. The summed E-state index contributed by atoms with van der Waals surface area (Å²) < 4.78 is 11.2. The second-order valence-electron chi connectivity index (χ2n) is 4.63. The molecule has 4 heteroatoms. The van der Waals surface area contributed by atoms with Gasteiger partial charge in [0, 0.05) is 6.54 Å². The van der Waals surface area contributed by atoms with Crippen LogP contribution in [0.3, 0.4) is 0 Å². The molecule has 3 nitrogen and oxygen atoms in total. The fraction of sp³-hybridized carbons (Fsp3) is 0.600. The van der Waals surface area contributed by atoms with E-state index in [9.17, 15) is 0 Å². The van der Waals surface area contributed by atoms with Crippen molar-refractivity contribution in [3.63, 3.8) is 0 Å². The third-order valence-corrected chi connectivity index (χ3v) is 3.57. The maximum atomic E-state index is 6.29. The molecular formula is C15H24ClNO2. The van der Waals surface area contributed by atoms with Crippen molar-refractivity contribution in [2.45, 2.75) is 33.2 Å². The van der Waals surface area contributed by atoms with Crippen molar-refractivity contribution in [1.82, 2.24) is 5.32 Å². The van der Waals surface area contributed by atoms with Crippen molar-refractivity contribution >= 4 is 11.6 Å². The van der Waals surface area contributed by atoms with Gasteiger partial charge in [-0.2, -0.15) is 0 Å². The molecule has 0 fully saturated rings. The molecule has 0 spiro atoms. The van der Waals surface area contributed by atoms with Crippen LogP contribution in [0.4, 0.5) is 0 Å². The lowest BCUT2D eigenvalue weighted by atomic mass is 10.1. The molecule has 0 amide bonds. The Kier molecular flexibility index (Phi) is 7.03. The Morgan fingerprint density at radius 3 is 2.47 bits per heavy atom. The van der Waals surface area contributed by atoms with E-state index >= 15 is 0 Å².